The van der Waals surface area contributed by atoms with E-state index in [1.165, 1.54) is 49.7 Å². The van der Waals surface area contributed by atoms with Gasteiger partial charge in [0.05, 0.1) is 0 Å². The predicted molar refractivity (Wildman–Crippen MR) is 80.5 cm³/mol. The van der Waals surface area contributed by atoms with Gasteiger partial charge in [-0.3, -0.25) is 4.99 Å². The molecule has 102 valence electrons. The van der Waals surface area contributed by atoms with E-state index in [0.717, 1.165) is 12.2 Å². The third-order valence-corrected chi connectivity index (χ3v) is 4.66. The van der Waals surface area contributed by atoms with Crippen molar-refractivity contribution in [1.82, 2.24) is 0 Å². The summed E-state index contributed by atoms with van der Waals surface area (Å²) in [6, 6.07) is 6.54. The largest absolute Gasteiger partial charge is 0.370 e. The highest BCUT2D eigenvalue weighted by molar-refractivity contribution is 5.92. The predicted octanol–water partition coefficient (Wildman–Crippen LogP) is 3.09. The second-order valence-corrected chi connectivity index (χ2v) is 6.02. The lowest BCUT2D eigenvalue weighted by Gasteiger charge is -2.11. The van der Waals surface area contributed by atoms with Crippen LogP contribution in [0.1, 0.15) is 43.7 Å². The molecule has 0 atom stereocenters. The third kappa shape index (κ3) is 2.75. The number of hydrogen-bond acceptors (Lipinski definition) is 1. The molecule has 1 aromatic rings. The summed E-state index contributed by atoms with van der Waals surface area (Å²) >= 11 is 0. The summed E-state index contributed by atoms with van der Waals surface area (Å²) in [4.78, 5) is 4.50. The molecule has 1 saturated carbocycles. The topological polar surface area (TPSA) is 50.4 Å². The minimum absolute atomic E-state index is 0.463. The van der Waals surface area contributed by atoms with Crippen molar-refractivity contribution in [1.29, 1.82) is 0 Å². The van der Waals surface area contributed by atoms with Crippen molar-refractivity contribution < 1.29 is 0 Å². The van der Waals surface area contributed by atoms with Gasteiger partial charge in [-0.1, -0.05) is 13.0 Å². The minimum atomic E-state index is 0.463. The highest BCUT2D eigenvalue weighted by Crippen LogP contribution is 2.48. The first-order valence-electron chi connectivity index (χ1n) is 7.39. The molecule has 0 unspecified atom stereocenters. The Morgan fingerprint density at radius 1 is 1.32 bits per heavy atom. The van der Waals surface area contributed by atoms with E-state index >= 15 is 0 Å². The summed E-state index contributed by atoms with van der Waals surface area (Å²) in [7, 11) is 0. The fraction of sp³-hybridized carbons (Fsp3) is 0.562. The van der Waals surface area contributed by atoms with E-state index in [0.29, 0.717) is 11.4 Å². The number of hydrogen-bond donors (Lipinski definition) is 2. The second-order valence-electron chi connectivity index (χ2n) is 6.02. The van der Waals surface area contributed by atoms with E-state index in [1.54, 1.807) is 0 Å². The molecule has 2 aliphatic rings. The summed E-state index contributed by atoms with van der Waals surface area (Å²) in [5.41, 5.74) is 10.5. The minimum Gasteiger partial charge on any atom is -0.370 e. The molecule has 1 fully saturated rings. The first-order chi connectivity index (χ1) is 9.21. The van der Waals surface area contributed by atoms with E-state index in [1.807, 2.05) is 0 Å². The molecular formula is C16H23N3. The fourth-order valence-electron chi connectivity index (χ4n) is 2.89. The molecule has 0 amide bonds. The van der Waals surface area contributed by atoms with Gasteiger partial charge in [-0.15, -0.1) is 0 Å². The number of benzene rings is 1. The average Bonchev–Trinajstić information content (AvgIpc) is 3.06. The van der Waals surface area contributed by atoms with Gasteiger partial charge in [-0.05, 0) is 67.2 Å². The van der Waals surface area contributed by atoms with Crippen molar-refractivity contribution in [3.63, 3.8) is 0 Å². The maximum absolute atomic E-state index is 5.98. The zero-order valence-electron chi connectivity index (χ0n) is 11.7. The maximum Gasteiger partial charge on any atom is 0.193 e. The van der Waals surface area contributed by atoms with Gasteiger partial charge in [-0.2, -0.15) is 0 Å². The van der Waals surface area contributed by atoms with Gasteiger partial charge in [-0.25, -0.2) is 0 Å². The van der Waals surface area contributed by atoms with E-state index in [9.17, 15) is 0 Å². The molecule has 2 aliphatic carbocycles. The normalized spacial score (nSPS) is 20.2. The third-order valence-electron chi connectivity index (χ3n) is 4.66. The first-order valence-corrected chi connectivity index (χ1v) is 7.39. The standard InChI is InChI=1S/C16H23N3/c1-2-16(8-9-16)11-18-15(17)19-14-7-6-12-4-3-5-13(12)10-14/h6-7,10H,2-5,8-9,11H2,1H3,(H3,17,18,19). The molecule has 1 aromatic carbocycles. The highest BCUT2D eigenvalue weighted by atomic mass is 15.1. The fourth-order valence-corrected chi connectivity index (χ4v) is 2.89. The summed E-state index contributed by atoms with van der Waals surface area (Å²) in [5.74, 6) is 0.553. The van der Waals surface area contributed by atoms with Crippen LogP contribution in [-0.2, 0) is 12.8 Å². The second kappa shape index (κ2) is 4.87. The molecule has 0 saturated heterocycles. The number of guanidine groups is 1. The van der Waals surface area contributed by atoms with Crippen molar-refractivity contribution in [2.24, 2.45) is 16.1 Å². The average molecular weight is 257 g/mol. The number of nitrogens with one attached hydrogen (secondary N) is 1. The molecule has 0 radical (unpaired) electrons. The van der Waals surface area contributed by atoms with Crippen LogP contribution in [0.2, 0.25) is 0 Å². The van der Waals surface area contributed by atoms with Crippen LogP contribution < -0.4 is 11.1 Å². The van der Waals surface area contributed by atoms with Crippen molar-refractivity contribution in [3.8, 4) is 0 Å². The van der Waals surface area contributed by atoms with Crippen LogP contribution in [0.3, 0.4) is 0 Å². The Bertz CT molecular complexity index is 501. The van der Waals surface area contributed by atoms with Gasteiger partial charge in [0.1, 0.15) is 0 Å². The number of anilines is 1. The Balaban J connectivity index is 1.63. The van der Waals surface area contributed by atoms with Crippen LogP contribution in [0.15, 0.2) is 23.2 Å². The number of aryl methyl sites for hydroxylation is 2. The molecule has 3 rings (SSSR count). The van der Waals surface area contributed by atoms with Gasteiger partial charge in [0, 0.05) is 12.2 Å². The van der Waals surface area contributed by atoms with Crippen LogP contribution in [0.5, 0.6) is 0 Å². The Morgan fingerprint density at radius 3 is 2.84 bits per heavy atom. The molecule has 3 heteroatoms. The number of rotatable bonds is 4. The van der Waals surface area contributed by atoms with E-state index in [2.05, 4.69) is 35.4 Å². The Hall–Kier alpha value is -1.51. The first kappa shape index (κ1) is 12.5. The van der Waals surface area contributed by atoms with Crippen LogP contribution in [-0.4, -0.2) is 12.5 Å². The monoisotopic (exact) mass is 257 g/mol. The molecule has 19 heavy (non-hydrogen) atoms. The number of nitrogens with zero attached hydrogens (tertiary/aromatic N) is 1. The molecule has 0 bridgehead atoms. The molecule has 3 N–H and O–H groups in total. The summed E-state index contributed by atoms with van der Waals surface area (Å²) in [6.07, 6.45) is 7.52. The highest BCUT2D eigenvalue weighted by Gasteiger charge is 2.40. The van der Waals surface area contributed by atoms with E-state index in [4.69, 9.17) is 5.73 Å². The van der Waals surface area contributed by atoms with Crippen molar-refractivity contribution in [2.45, 2.75) is 45.4 Å². The zero-order chi connectivity index (χ0) is 13.3. The zero-order valence-corrected chi connectivity index (χ0v) is 11.7. The Kier molecular flexibility index (Phi) is 3.21. The maximum atomic E-state index is 5.98. The number of nitrogens with two attached hydrogens (primary N) is 1. The molecule has 0 spiro atoms. The molecular weight excluding hydrogens is 234 g/mol. The lowest BCUT2D eigenvalue weighted by atomic mass is 10.1. The quantitative estimate of drug-likeness (QED) is 0.643. The lowest BCUT2D eigenvalue weighted by molar-refractivity contribution is 0.506. The molecule has 0 aliphatic heterocycles. The van der Waals surface area contributed by atoms with Crippen LogP contribution in [0.25, 0.3) is 0 Å². The molecule has 3 nitrogen and oxygen atoms in total. The van der Waals surface area contributed by atoms with Gasteiger partial charge in [0.25, 0.3) is 0 Å². The van der Waals surface area contributed by atoms with Crippen molar-refractivity contribution in [3.05, 3.63) is 29.3 Å². The van der Waals surface area contributed by atoms with Gasteiger partial charge >= 0.3 is 0 Å². The van der Waals surface area contributed by atoms with Crippen LogP contribution in [0.4, 0.5) is 5.69 Å². The lowest BCUT2D eigenvalue weighted by Crippen LogP contribution is -2.24. The SMILES string of the molecule is CCC1(CN=C(N)Nc2ccc3c(c2)CCC3)CC1. The smallest absolute Gasteiger partial charge is 0.193 e. The summed E-state index contributed by atoms with van der Waals surface area (Å²) in [5, 5.41) is 3.22. The number of fused-ring (bicyclic) bond motifs is 1. The van der Waals surface area contributed by atoms with Gasteiger partial charge < -0.3 is 11.1 Å². The van der Waals surface area contributed by atoms with Crippen molar-refractivity contribution in [2.75, 3.05) is 11.9 Å². The molecule has 0 aromatic heterocycles. The summed E-state index contributed by atoms with van der Waals surface area (Å²) < 4.78 is 0. The van der Waals surface area contributed by atoms with Crippen LogP contribution in [0, 0.1) is 5.41 Å². The Morgan fingerprint density at radius 2 is 2.11 bits per heavy atom. The van der Waals surface area contributed by atoms with E-state index in [-0.39, 0.29) is 0 Å². The van der Waals surface area contributed by atoms with Gasteiger partial charge in [0.2, 0.25) is 0 Å². The summed E-state index contributed by atoms with van der Waals surface area (Å²) in [6.45, 7) is 3.11. The molecule has 0 heterocycles. The van der Waals surface area contributed by atoms with Crippen molar-refractivity contribution >= 4 is 11.6 Å². The van der Waals surface area contributed by atoms with Gasteiger partial charge in [0.15, 0.2) is 5.96 Å². The Labute approximate surface area is 115 Å². The van der Waals surface area contributed by atoms with E-state index < -0.39 is 0 Å². The number of aliphatic imine (C=N–C) groups is 1. The van der Waals surface area contributed by atoms with Crippen LogP contribution >= 0.6 is 0 Å².